The van der Waals surface area contributed by atoms with Gasteiger partial charge in [-0.2, -0.15) is 0 Å². The van der Waals surface area contributed by atoms with Gasteiger partial charge in [0.1, 0.15) is 28.9 Å². The lowest BCUT2D eigenvalue weighted by Gasteiger charge is -2.29. The first-order chi connectivity index (χ1) is 14.5. The van der Waals surface area contributed by atoms with Gasteiger partial charge in [-0.25, -0.2) is 4.79 Å². The molecule has 3 aromatic rings. The van der Waals surface area contributed by atoms with E-state index in [4.69, 9.17) is 18.6 Å². The van der Waals surface area contributed by atoms with Crippen LogP contribution in [0.25, 0.3) is 11.0 Å². The third-order valence-electron chi connectivity index (χ3n) is 6.11. The van der Waals surface area contributed by atoms with Crippen LogP contribution in [0.2, 0.25) is 0 Å². The van der Waals surface area contributed by atoms with Gasteiger partial charge in [0.05, 0.1) is 31.6 Å². The molecule has 0 bridgehead atoms. The summed E-state index contributed by atoms with van der Waals surface area (Å²) in [5.41, 5.74) is 3.96. The maximum absolute atomic E-state index is 13.2. The Hall–Kier alpha value is -3.28. The number of rotatable bonds is 3. The molecule has 2 aromatic carbocycles. The van der Waals surface area contributed by atoms with Crippen LogP contribution in [0.1, 0.15) is 51.6 Å². The molecule has 1 aliphatic heterocycles. The second-order valence-electron chi connectivity index (χ2n) is 7.81. The average molecular weight is 406 g/mol. The summed E-state index contributed by atoms with van der Waals surface area (Å²) in [5.74, 6) is 1.80. The number of carbonyl (C=O) groups excluding carboxylic acids is 1. The first kappa shape index (κ1) is 18.7. The Bertz CT molecular complexity index is 1250. The van der Waals surface area contributed by atoms with Crippen molar-refractivity contribution in [3.8, 4) is 17.2 Å². The van der Waals surface area contributed by atoms with Crippen molar-refractivity contribution in [2.24, 2.45) is 0 Å². The Morgan fingerprint density at radius 3 is 2.60 bits per heavy atom. The van der Waals surface area contributed by atoms with Crippen LogP contribution in [-0.2, 0) is 12.8 Å². The third kappa shape index (κ3) is 2.70. The van der Waals surface area contributed by atoms with Crippen molar-refractivity contribution in [2.75, 3.05) is 14.2 Å². The second kappa shape index (κ2) is 6.90. The quantitative estimate of drug-likeness (QED) is 0.603. The molecule has 5 rings (SSSR count). The molecule has 1 aromatic heterocycles. The zero-order valence-corrected chi connectivity index (χ0v) is 17.2. The maximum Gasteiger partial charge on any atom is 0.339 e. The number of aryl methyl sites for hydroxylation is 2. The van der Waals surface area contributed by atoms with Crippen molar-refractivity contribution in [1.82, 2.24) is 0 Å². The van der Waals surface area contributed by atoms with E-state index in [0.717, 1.165) is 34.9 Å². The van der Waals surface area contributed by atoms with E-state index in [1.54, 1.807) is 26.4 Å². The highest BCUT2D eigenvalue weighted by molar-refractivity contribution is 6.07. The third-order valence-corrected chi connectivity index (χ3v) is 6.11. The SMILES string of the molecule is COc1ccc([C@@H]2CC(=O)c3c(C)cc4oc(=O)c5c(c4c3O2)CCC5)c(OC)c1. The summed E-state index contributed by atoms with van der Waals surface area (Å²) in [6, 6.07) is 7.25. The highest BCUT2D eigenvalue weighted by atomic mass is 16.5. The van der Waals surface area contributed by atoms with Crippen LogP contribution in [-0.4, -0.2) is 20.0 Å². The number of carbonyl (C=O) groups is 1. The number of hydrogen-bond donors (Lipinski definition) is 0. The minimum atomic E-state index is -0.500. The molecular formula is C24H22O6. The van der Waals surface area contributed by atoms with E-state index in [-0.39, 0.29) is 17.8 Å². The monoisotopic (exact) mass is 406 g/mol. The van der Waals surface area contributed by atoms with Gasteiger partial charge in [-0.15, -0.1) is 0 Å². The summed E-state index contributed by atoms with van der Waals surface area (Å²) < 4.78 is 22.9. The molecule has 0 fully saturated rings. The molecule has 154 valence electrons. The molecule has 2 heterocycles. The van der Waals surface area contributed by atoms with Gasteiger partial charge in [-0.3, -0.25) is 4.79 Å². The summed E-state index contributed by atoms with van der Waals surface area (Å²) >= 11 is 0. The van der Waals surface area contributed by atoms with Crippen molar-refractivity contribution in [3.05, 3.63) is 62.5 Å². The normalized spacial score (nSPS) is 17.4. The lowest BCUT2D eigenvalue weighted by atomic mass is 9.90. The van der Waals surface area contributed by atoms with Gasteiger partial charge in [0.2, 0.25) is 0 Å². The number of hydrogen-bond acceptors (Lipinski definition) is 6. The minimum Gasteiger partial charge on any atom is -0.497 e. The number of ketones is 1. The van der Waals surface area contributed by atoms with Crippen LogP contribution in [0.4, 0.5) is 0 Å². The van der Waals surface area contributed by atoms with Crippen molar-refractivity contribution in [1.29, 1.82) is 0 Å². The number of methoxy groups -OCH3 is 2. The van der Waals surface area contributed by atoms with Gasteiger partial charge in [-0.05, 0) is 55.5 Å². The van der Waals surface area contributed by atoms with Crippen LogP contribution >= 0.6 is 0 Å². The van der Waals surface area contributed by atoms with E-state index in [1.165, 1.54) is 0 Å². The minimum absolute atomic E-state index is 0.0106. The lowest BCUT2D eigenvalue weighted by molar-refractivity contribution is 0.0849. The van der Waals surface area contributed by atoms with Gasteiger partial charge in [0, 0.05) is 17.2 Å². The van der Waals surface area contributed by atoms with E-state index >= 15 is 0 Å². The van der Waals surface area contributed by atoms with Crippen molar-refractivity contribution in [3.63, 3.8) is 0 Å². The summed E-state index contributed by atoms with van der Waals surface area (Å²) in [5, 5.41) is 0.758. The zero-order valence-electron chi connectivity index (χ0n) is 17.2. The maximum atomic E-state index is 13.2. The molecule has 0 N–H and O–H groups in total. The highest BCUT2D eigenvalue weighted by Gasteiger charge is 2.34. The highest BCUT2D eigenvalue weighted by Crippen LogP contribution is 2.46. The van der Waals surface area contributed by atoms with E-state index in [0.29, 0.717) is 40.4 Å². The largest absolute Gasteiger partial charge is 0.497 e. The molecule has 0 unspecified atom stereocenters. The zero-order chi connectivity index (χ0) is 21.0. The molecule has 0 amide bonds. The summed E-state index contributed by atoms with van der Waals surface area (Å²) in [6.45, 7) is 1.85. The Morgan fingerprint density at radius 1 is 1.03 bits per heavy atom. The summed E-state index contributed by atoms with van der Waals surface area (Å²) in [7, 11) is 3.17. The van der Waals surface area contributed by atoms with Crippen LogP contribution in [0.5, 0.6) is 17.2 Å². The van der Waals surface area contributed by atoms with Crippen molar-refractivity contribution < 1.29 is 23.4 Å². The van der Waals surface area contributed by atoms with Gasteiger partial charge < -0.3 is 18.6 Å². The lowest BCUT2D eigenvalue weighted by Crippen LogP contribution is -2.23. The molecule has 0 saturated carbocycles. The Labute approximate surface area is 173 Å². The van der Waals surface area contributed by atoms with Crippen LogP contribution in [0.3, 0.4) is 0 Å². The fraction of sp³-hybridized carbons (Fsp3) is 0.333. The molecule has 0 saturated heterocycles. The summed E-state index contributed by atoms with van der Waals surface area (Å²) in [6.07, 6.45) is 2.08. The van der Waals surface area contributed by atoms with Gasteiger partial charge >= 0.3 is 5.63 Å². The number of ether oxygens (including phenoxy) is 3. The predicted octanol–water partition coefficient (Wildman–Crippen LogP) is 4.31. The number of fused-ring (bicyclic) bond motifs is 5. The molecule has 1 aliphatic carbocycles. The van der Waals surface area contributed by atoms with E-state index < -0.39 is 6.10 Å². The fourth-order valence-electron chi connectivity index (χ4n) is 4.71. The molecule has 1 atom stereocenters. The first-order valence-corrected chi connectivity index (χ1v) is 10.1. The molecule has 0 spiro atoms. The fourth-order valence-corrected chi connectivity index (χ4v) is 4.71. The number of benzene rings is 2. The molecule has 6 nitrogen and oxygen atoms in total. The van der Waals surface area contributed by atoms with E-state index in [1.807, 2.05) is 19.1 Å². The first-order valence-electron chi connectivity index (χ1n) is 10.1. The standard InChI is InChI=1S/C24H22O6/c1-12-9-20-22(14-5-4-6-15(14)24(26)30-20)23-21(12)17(25)11-19(29-23)16-8-7-13(27-2)10-18(16)28-3/h7-10,19H,4-6,11H2,1-3H3/t19-/m0/s1. The predicted molar refractivity (Wildman–Crippen MR) is 111 cm³/mol. The molecule has 30 heavy (non-hydrogen) atoms. The Morgan fingerprint density at radius 2 is 1.83 bits per heavy atom. The van der Waals surface area contributed by atoms with Crippen LogP contribution < -0.4 is 19.8 Å². The van der Waals surface area contributed by atoms with Gasteiger partial charge in [0.25, 0.3) is 0 Å². The van der Waals surface area contributed by atoms with Crippen LogP contribution in [0, 0.1) is 6.92 Å². The van der Waals surface area contributed by atoms with Crippen molar-refractivity contribution in [2.45, 2.75) is 38.7 Å². The number of Topliss-reactive ketones (excluding diaryl/α,β-unsaturated/α-hetero) is 1. The molecular weight excluding hydrogens is 384 g/mol. The molecule has 6 heteroatoms. The molecule has 0 radical (unpaired) electrons. The smallest absolute Gasteiger partial charge is 0.339 e. The second-order valence-corrected chi connectivity index (χ2v) is 7.81. The van der Waals surface area contributed by atoms with Gasteiger partial charge in [0.15, 0.2) is 5.78 Å². The Kier molecular flexibility index (Phi) is 4.31. The molecule has 2 aliphatic rings. The Balaban J connectivity index is 1.72. The van der Waals surface area contributed by atoms with E-state index in [2.05, 4.69) is 0 Å². The van der Waals surface area contributed by atoms with Crippen LogP contribution in [0.15, 0.2) is 33.5 Å². The summed E-state index contributed by atoms with van der Waals surface area (Å²) in [4.78, 5) is 25.6. The van der Waals surface area contributed by atoms with Gasteiger partial charge in [-0.1, -0.05) is 0 Å². The average Bonchev–Trinajstić information content (AvgIpc) is 3.23. The topological polar surface area (TPSA) is 75.0 Å². The van der Waals surface area contributed by atoms with Crippen molar-refractivity contribution >= 4 is 16.8 Å². The van der Waals surface area contributed by atoms with E-state index in [9.17, 15) is 9.59 Å².